The summed E-state index contributed by atoms with van der Waals surface area (Å²) in [5.41, 5.74) is 1.79. The van der Waals surface area contributed by atoms with E-state index in [0.29, 0.717) is 11.8 Å². The van der Waals surface area contributed by atoms with Gasteiger partial charge in [-0.05, 0) is 19.1 Å². The van der Waals surface area contributed by atoms with E-state index < -0.39 is 0 Å². The Hall–Kier alpha value is -1.28. The van der Waals surface area contributed by atoms with Gasteiger partial charge in [-0.3, -0.25) is 0 Å². The van der Waals surface area contributed by atoms with Crippen LogP contribution < -0.4 is 0 Å². The van der Waals surface area contributed by atoms with Crippen molar-refractivity contribution in [3.8, 4) is 11.5 Å². The highest BCUT2D eigenvalue weighted by Gasteiger charge is 2.09. The maximum absolute atomic E-state index is 5.71. The number of nitrogens with zero attached hydrogens (tertiary/aromatic N) is 1. The maximum atomic E-state index is 5.71. The largest absolute Gasteiger partial charge is 0.441 e. The number of rotatable bonds is 2. The van der Waals surface area contributed by atoms with Crippen molar-refractivity contribution in [1.29, 1.82) is 0 Å². The van der Waals surface area contributed by atoms with E-state index in [1.54, 1.807) is 0 Å². The second kappa shape index (κ2) is 14.1. The maximum Gasteiger partial charge on any atom is 0.226 e. The summed E-state index contributed by atoms with van der Waals surface area (Å²) in [7, 11) is 0. The molecule has 3 heteroatoms. The van der Waals surface area contributed by atoms with E-state index in [9.17, 15) is 0 Å². The smallest absolute Gasteiger partial charge is 0.226 e. The van der Waals surface area contributed by atoms with Crippen LogP contribution in [0.2, 0.25) is 0 Å². The number of alkyl halides is 1. The lowest BCUT2D eigenvalue weighted by molar-refractivity contribution is 0.540. The molecule has 20 heavy (non-hydrogen) atoms. The summed E-state index contributed by atoms with van der Waals surface area (Å²) in [5.74, 6) is 1.82. The normalized spacial score (nSPS) is 8.20. The predicted molar refractivity (Wildman–Crippen MR) is 90.3 cm³/mol. The average Bonchev–Trinajstić information content (AvgIpc) is 2.95. The zero-order valence-electron chi connectivity index (χ0n) is 13.8. The minimum atomic E-state index is 0.391. The first-order chi connectivity index (χ1) is 9.81. The highest BCUT2D eigenvalue weighted by Crippen LogP contribution is 2.21. The average molecular weight is 298 g/mol. The van der Waals surface area contributed by atoms with Gasteiger partial charge in [-0.2, -0.15) is 0 Å². The minimum absolute atomic E-state index is 0.391. The molecule has 0 aliphatic rings. The van der Waals surface area contributed by atoms with Gasteiger partial charge in [0.1, 0.15) is 5.76 Å². The molecule has 0 atom stereocenters. The number of hydrogen-bond acceptors (Lipinski definition) is 2. The highest BCUT2D eigenvalue weighted by atomic mass is 35.5. The van der Waals surface area contributed by atoms with Gasteiger partial charge in [0, 0.05) is 5.56 Å². The molecule has 0 spiro atoms. The van der Waals surface area contributed by atoms with E-state index in [0.717, 1.165) is 17.0 Å². The van der Waals surface area contributed by atoms with E-state index in [1.165, 1.54) is 0 Å². The monoisotopic (exact) mass is 297 g/mol. The Morgan fingerprint density at radius 2 is 1.45 bits per heavy atom. The molecule has 2 rings (SSSR count). The lowest BCUT2D eigenvalue weighted by atomic mass is 10.2. The zero-order chi connectivity index (χ0) is 16.0. The third-order valence-corrected chi connectivity index (χ3v) is 2.29. The van der Waals surface area contributed by atoms with Crippen molar-refractivity contribution in [3.05, 3.63) is 41.8 Å². The zero-order valence-corrected chi connectivity index (χ0v) is 14.6. The van der Waals surface area contributed by atoms with Gasteiger partial charge in [0.05, 0.1) is 11.6 Å². The Kier molecular flexibility index (Phi) is 14.9. The molecule has 0 aliphatic carbocycles. The fourth-order valence-electron chi connectivity index (χ4n) is 1.26. The van der Waals surface area contributed by atoms with Gasteiger partial charge < -0.3 is 4.42 Å². The molecule has 1 heterocycles. The molecule has 0 bridgehead atoms. The predicted octanol–water partition coefficient (Wildman–Crippen LogP) is 6.47. The Bertz CT molecular complexity index is 424. The number of benzene rings is 1. The summed E-state index contributed by atoms with van der Waals surface area (Å²) in [5, 5.41) is 0. The molecule has 1 aromatic carbocycles. The standard InChI is InChI=1S/C11H10ClNO.3C2H6/c1-8-10(7-12)13-11(14-8)9-5-3-2-4-6-9;3*1-2/h2-6H,7H2,1H3;3*1-2H3. The summed E-state index contributed by atoms with van der Waals surface area (Å²) < 4.78 is 5.50. The Morgan fingerprint density at radius 1 is 0.950 bits per heavy atom. The number of oxazole rings is 1. The summed E-state index contributed by atoms with van der Waals surface area (Å²) >= 11 is 5.71. The van der Waals surface area contributed by atoms with Crippen LogP contribution in [0.15, 0.2) is 34.7 Å². The van der Waals surface area contributed by atoms with Gasteiger partial charge in [-0.15, -0.1) is 11.6 Å². The van der Waals surface area contributed by atoms with Gasteiger partial charge in [0.25, 0.3) is 0 Å². The van der Waals surface area contributed by atoms with Crippen LogP contribution >= 0.6 is 11.6 Å². The summed E-state index contributed by atoms with van der Waals surface area (Å²) in [6.45, 7) is 13.9. The second-order valence-corrected chi connectivity index (χ2v) is 3.29. The van der Waals surface area contributed by atoms with Crippen molar-refractivity contribution in [2.45, 2.75) is 54.3 Å². The molecule has 0 radical (unpaired) electrons. The molecule has 0 amide bonds. The number of hydrogen-bond donors (Lipinski definition) is 0. The van der Waals surface area contributed by atoms with Gasteiger partial charge in [0.15, 0.2) is 0 Å². The molecule has 2 aromatic rings. The van der Waals surface area contributed by atoms with E-state index in [-0.39, 0.29) is 0 Å². The quantitative estimate of drug-likeness (QED) is 0.594. The van der Waals surface area contributed by atoms with Crippen molar-refractivity contribution in [2.75, 3.05) is 0 Å². The van der Waals surface area contributed by atoms with Gasteiger partial charge >= 0.3 is 0 Å². The van der Waals surface area contributed by atoms with E-state index in [1.807, 2.05) is 78.8 Å². The van der Waals surface area contributed by atoms with Crippen molar-refractivity contribution in [1.82, 2.24) is 4.98 Å². The fourth-order valence-corrected chi connectivity index (χ4v) is 1.50. The summed E-state index contributed by atoms with van der Waals surface area (Å²) in [4.78, 5) is 4.30. The molecule has 0 fully saturated rings. The molecule has 0 N–H and O–H groups in total. The number of halogens is 1. The van der Waals surface area contributed by atoms with Crippen LogP contribution in [0.5, 0.6) is 0 Å². The first-order valence-corrected chi connectivity index (χ1v) is 7.92. The van der Waals surface area contributed by atoms with Gasteiger partial charge in [-0.25, -0.2) is 4.98 Å². The second-order valence-electron chi connectivity index (χ2n) is 3.02. The van der Waals surface area contributed by atoms with Crippen molar-refractivity contribution in [2.24, 2.45) is 0 Å². The molecule has 1 aromatic heterocycles. The molecule has 2 nitrogen and oxygen atoms in total. The molecular formula is C17H28ClNO. The van der Waals surface area contributed by atoms with Crippen molar-refractivity contribution < 1.29 is 4.42 Å². The minimum Gasteiger partial charge on any atom is -0.441 e. The van der Waals surface area contributed by atoms with Crippen LogP contribution in [0.4, 0.5) is 0 Å². The topological polar surface area (TPSA) is 26.0 Å². The molecule has 114 valence electrons. The van der Waals surface area contributed by atoms with Crippen LogP contribution in [0.25, 0.3) is 11.5 Å². The number of aromatic nitrogens is 1. The first-order valence-electron chi connectivity index (χ1n) is 7.39. The van der Waals surface area contributed by atoms with Crippen molar-refractivity contribution in [3.63, 3.8) is 0 Å². The van der Waals surface area contributed by atoms with Crippen LogP contribution in [0.1, 0.15) is 53.0 Å². The molecule has 0 saturated carbocycles. The number of aryl methyl sites for hydroxylation is 1. The third-order valence-electron chi connectivity index (χ3n) is 2.04. The highest BCUT2D eigenvalue weighted by molar-refractivity contribution is 6.16. The molecule has 0 saturated heterocycles. The molecule has 0 unspecified atom stereocenters. The Balaban J connectivity index is 0. The molecule has 0 aliphatic heterocycles. The van der Waals surface area contributed by atoms with E-state index >= 15 is 0 Å². The summed E-state index contributed by atoms with van der Waals surface area (Å²) in [6, 6.07) is 9.79. The van der Waals surface area contributed by atoms with Crippen LogP contribution in [0, 0.1) is 6.92 Å². The first kappa shape index (κ1) is 21.0. The van der Waals surface area contributed by atoms with E-state index in [4.69, 9.17) is 16.0 Å². The SMILES string of the molecule is CC.CC.CC.Cc1oc(-c2ccccc2)nc1CCl. The summed E-state index contributed by atoms with van der Waals surface area (Å²) in [6.07, 6.45) is 0. The van der Waals surface area contributed by atoms with Crippen LogP contribution in [-0.4, -0.2) is 4.98 Å². The Labute approximate surface area is 129 Å². The van der Waals surface area contributed by atoms with Gasteiger partial charge in [-0.1, -0.05) is 59.7 Å². The lowest BCUT2D eigenvalue weighted by Gasteiger charge is -1.91. The lowest BCUT2D eigenvalue weighted by Crippen LogP contribution is -1.80. The Morgan fingerprint density at radius 3 is 1.85 bits per heavy atom. The van der Waals surface area contributed by atoms with Gasteiger partial charge in [0.2, 0.25) is 5.89 Å². The van der Waals surface area contributed by atoms with Crippen molar-refractivity contribution >= 4 is 11.6 Å². The van der Waals surface area contributed by atoms with Crippen LogP contribution in [0.3, 0.4) is 0 Å². The molecular weight excluding hydrogens is 270 g/mol. The third kappa shape index (κ3) is 6.76. The fraction of sp³-hybridized carbons (Fsp3) is 0.471. The van der Waals surface area contributed by atoms with Crippen LogP contribution in [-0.2, 0) is 5.88 Å². The van der Waals surface area contributed by atoms with E-state index in [2.05, 4.69) is 4.98 Å².